The van der Waals surface area contributed by atoms with Gasteiger partial charge in [-0.05, 0) is 49.2 Å². The van der Waals surface area contributed by atoms with Gasteiger partial charge in [-0.3, -0.25) is 0 Å². The van der Waals surface area contributed by atoms with E-state index >= 15 is 0 Å². The zero-order valence-electron chi connectivity index (χ0n) is 12.0. The summed E-state index contributed by atoms with van der Waals surface area (Å²) >= 11 is 0. The molecule has 2 aromatic carbocycles. The van der Waals surface area contributed by atoms with Gasteiger partial charge in [-0.15, -0.1) is 0 Å². The lowest BCUT2D eigenvalue weighted by molar-refractivity contribution is 0.283. The Hall–Kier alpha value is -2.29. The van der Waals surface area contributed by atoms with Gasteiger partial charge in [0.2, 0.25) is 0 Å². The van der Waals surface area contributed by atoms with Crippen LogP contribution in [0.15, 0.2) is 42.5 Å². The summed E-state index contributed by atoms with van der Waals surface area (Å²) in [6, 6.07) is 10.8. The highest BCUT2D eigenvalue weighted by atomic mass is 19.1. The number of hydrogen-bond acceptors (Lipinski definition) is 2. The van der Waals surface area contributed by atoms with Gasteiger partial charge in [0.25, 0.3) is 0 Å². The molecule has 2 aliphatic heterocycles. The molecule has 1 N–H and O–H groups in total. The van der Waals surface area contributed by atoms with E-state index in [0.29, 0.717) is 6.61 Å². The molecule has 0 saturated heterocycles. The molecular weight excluding hydrogens is 265 g/mol. The van der Waals surface area contributed by atoms with Crippen molar-refractivity contribution in [3.63, 3.8) is 0 Å². The fourth-order valence-electron chi connectivity index (χ4n) is 3.13. The first-order valence-corrected chi connectivity index (χ1v) is 7.09. The maximum absolute atomic E-state index is 13.1. The van der Waals surface area contributed by atoms with Gasteiger partial charge in [0.15, 0.2) is 0 Å². The first-order chi connectivity index (χ1) is 10.0. The van der Waals surface area contributed by atoms with Gasteiger partial charge in [0.05, 0.1) is 5.54 Å². The number of rotatable bonds is 1. The molecule has 21 heavy (non-hydrogen) atoms. The number of ether oxygens (including phenoxy) is 1. The fourth-order valence-corrected chi connectivity index (χ4v) is 3.13. The largest absolute Gasteiger partial charge is 0.488 e. The van der Waals surface area contributed by atoms with Crippen LogP contribution in [0.1, 0.15) is 25.0 Å². The molecule has 4 rings (SSSR count). The average Bonchev–Trinajstić information content (AvgIpc) is 2.84. The molecule has 0 radical (unpaired) electrons. The molecule has 0 aliphatic carbocycles. The second kappa shape index (κ2) is 4.10. The first kappa shape index (κ1) is 12.5. The van der Waals surface area contributed by atoms with E-state index in [1.54, 1.807) is 0 Å². The van der Waals surface area contributed by atoms with Crippen molar-refractivity contribution in [2.75, 3.05) is 5.32 Å². The monoisotopic (exact) mass is 281 g/mol. The van der Waals surface area contributed by atoms with Crippen LogP contribution in [0.3, 0.4) is 0 Å². The zero-order valence-corrected chi connectivity index (χ0v) is 12.0. The van der Waals surface area contributed by atoms with Crippen LogP contribution in [0.2, 0.25) is 0 Å². The first-order valence-electron chi connectivity index (χ1n) is 7.09. The Balaban J connectivity index is 1.90. The van der Waals surface area contributed by atoms with E-state index in [1.807, 2.05) is 12.1 Å². The topological polar surface area (TPSA) is 21.3 Å². The van der Waals surface area contributed by atoms with Crippen LogP contribution in [-0.2, 0) is 11.3 Å². The summed E-state index contributed by atoms with van der Waals surface area (Å²) in [5.41, 5.74) is 5.45. The molecule has 2 aliphatic rings. The molecular formula is C18H16FNO. The van der Waals surface area contributed by atoms with Gasteiger partial charge >= 0.3 is 0 Å². The van der Waals surface area contributed by atoms with Crippen LogP contribution < -0.4 is 5.32 Å². The number of benzene rings is 2. The molecule has 0 amide bonds. The standard InChI is InChI=1S/C18H16FNO/c1-18(2)9-16-17-14(10-21-16)13(7-8-15(17)20-18)11-3-5-12(19)6-4-11/h3-9,20H,10H2,1-2H3. The number of anilines is 1. The molecule has 0 atom stereocenters. The normalized spacial score (nSPS) is 17.6. The Bertz CT molecular complexity index is 760. The van der Waals surface area contributed by atoms with Crippen LogP contribution in [0.5, 0.6) is 0 Å². The SMILES string of the molecule is CC1(C)C=C2OCc3c(-c4ccc(F)cc4)ccc(c32)N1. The van der Waals surface area contributed by atoms with E-state index in [4.69, 9.17) is 4.74 Å². The van der Waals surface area contributed by atoms with Crippen LogP contribution in [0, 0.1) is 5.82 Å². The van der Waals surface area contributed by atoms with Crippen molar-refractivity contribution >= 4 is 11.4 Å². The maximum Gasteiger partial charge on any atom is 0.127 e. The summed E-state index contributed by atoms with van der Waals surface area (Å²) < 4.78 is 19.0. The second-order valence-electron chi connectivity index (χ2n) is 6.17. The van der Waals surface area contributed by atoms with Gasteiger partial charge in [-0.1, -0.05) is 18.2 Å². The van der Waals surface area contributed by atoms with Gasteiger partial charge in [-0.2, -0.15) is 0 Å². The van der Waals surface area contributed by atoms with Crippen molar-refractivity contribution in [1.29, 1.82) is 0 Å². The zero-order chi connectivity index (χ0) is 14.6. The third kappa shape index (κ3) is 1.92. The van der Waals surface area contributed by atoms with E-state index in [0.717, 1.165) is 28.1 Å². The molecule has 2 nitrogen and oxygen atoms in total. The fraction of sp³-hybridized carbons (Fsp3) is 0.222. The Morgan fingerprint density at radius 3 is 2.62 bits per heavy atom. The van der Waals surface area contributed by atoms with Crippen molar-refractivity contribution in [1.82, 2.24) is 0 Å². The second-order valence-corrected chi connectivity index (χ2v) is 6.17. The van der Waals surface area contributed by atoms with Crippen molar-refractivity contribution in [2.24, 2.45) is 0 Å². The molecule has 0 unspecified atom stereocenters. The minimum Gasteiger partial charge on any atom is -0.488 e. The van der Waals surface area contributed by atoms with Gasteiger partial charge in [0.1, 0.15) is 18.2 Å². The molecule has 3 heteroatoms. The third-order valence-corrected chi connectivity index (χ3v) is 4.04. The molecule has 0 saturated carbocycles. The average molecular weight is 281 g/mol. The minimum atomic E-state index is -0.214. The smallest absolute Gasteiger partial charge is 0.127 e. The van der Waals surface area contributed by atoms with E-state index < -0.39 is 0 Å². The predicted octanol–water partition coefficient (Wildman–Crippen LogP) is 4.57. The minimum absolute atomic E-state index is 0.110. The maximum atomic E-state index is 13.1. The van der Waals surface area contributed by atoms with Gasteiger partial charge in [0, 0.05) is 16.8 Å². The highest BCUT2D eigenvalue weighted by Crippen LogP contribution is 2.45. The number of hydrogen-bond donors (Lipinski definition) is 1. The molecule has 0 fully saturated rings. The Morgan fingerprint density at radius 1 is 1.10 bits per heavy atom. The quantitative estimate of drug-likeness (QED) is 0.827. The van der Waals surface area contributed by atoms with Gasteiger partial charge in [-0.25, -0.2) is 4.39 Å². The molecule has 106 valence electrons. The lowest BCUT2D eigenvalue weighted by Gasteiger charge is -2.30. The highest BCUT2D eigenvalue weighted by Gasteiger charge is 2.32. The van der Waals surface area contributed by atoms with E-state index in [-0.39, 0.29) is 11.4 Å². The highest BCUT2D eigenvalue weighted by molar-refractivity contribution is 5.87. The van der Waals surface area contributed by atoms with Crippen molar-refractivity contribution in [2.45, 2.75) is 26.0 Å². The summed E-state index contributed by atoms with van der Waals surface area (Å²) in [4.78, 5) is 0. The number of halogens is 1. The summed E-state index contributed by atoms with van der Waals surface area (Å²) in [7, 11) is 0. The van der Waals surface area contributed by atoms with Crippen molar-refractivity contribution in [3.8, 4) is 11.1 Å². The lowest BCUT2D eigenvalue weighted by Crippen LogP contribution is -2.31. The van der Waals surface area contributed by atoms with Crippen LogP contribution in [-0.4, -0.2) is 5.54 Å². The van der Waals surface area contributed by atoms with Crippen molar-refractivity contribution < 1.29 is 9.13 Å². The molecule has 0 bridgehead atoms. The molecule has 0 aromatic heterocycles. The van der Waals surface area contributed by atoms with E-state index in [2.05, 4.69) is 37.4 Å². The molecule has 0 spiro atoms. The summed E-state index contributed by atoms with van der Waals surface area (Å²) in [5.74, 6) is 0.737. The van der Waals surface area contributed by atoms with Crippen LogP contribution in [0.25, 0.3) is 16.9 Å². The Kier molecular flexibility index (Phi) is 2.43. The predicted molar refractivity (Wildman–Crippen MR) is 82.3 cm³/mol. The van der Waals surface area contributed by atoms with E-state index in [9.17, 15) is 4.39 Å². The van der Waals surface area contributed by atoms with Crippen LogP contribution >= 0.6 is 0 Å². The number of nitrogens with one attached hydrogen (secondary N) is 1. The summed E-state index contributed by atoms with van der Waals surface area (Å²) in [5, 5.41) is 3.52. The summed E-state index contributed by atoms with van der Waals surface area (Å²) in [6.45, 7) is 4.82. The van der Waals surface area contributed by atoms with Gasteiger partial charge < -0.3 is 10.1 Å². The van der Waals surface area contributed by atoms with Crippen LogP contribution in [0.4, 0.5) is 10.1 Å². The summed E-state index contributed by atoms with van der Waals surface area (Å²) in [6.07, 6.45) is 2.13. The van der Waals surface area contributed by atoms with Crippen molar-refractivity contribution in [3.05, 3.63) is 59.4 Å². The molecule has 2 aromatic rings. The Morgan fingerprint density at radius 2 is 1.86 bits per heavy atom. The third-order valence-electron chi connectivity index (χ3n) is 4.04. The molecule has 2 heterocycles. The Labute approximate surface area is 123 Å². The lowest BCUT2D eigenvalue weighted by atomic mass is 9.90. The van der Waals surface area contributed by atoms with E-state index in [1.165, 1.54) is 17.7 Å².